The van der Waals surface area contributed by atoms with E-state index in [-0.39, 0.29) is 29.9 Å². The third kappa shape index (κ3) is 5.08. The van der Waals surface area contributed by atoms with Gasteiger partial charge in [-0.3, -0.25) is 4.79 Å². The monoisotopic (exact) mass is 400 g/mol. The van der Waals surface area contributed by atoms with E-state index in [2.05, 4.69) is 5.32 Å². The Morgan fingerprint density at radius 1 is 1.07 bits per heavy atom. The summed E-state index contributed by atoms with van der Waals surface area (Å²) in [6.07, 6.45) is 6.28. The van der Waals surface area contributed by atoms with Crippen molar-refractivity contribution >= 4 is 17.6 Å². The van der Waals surface area contributed by atoms with Crippen molar-refractivity contribution in [3.05, 3.63) is 29.8 Å². The molecule has 1 aliphatic heterocycles. The second kappa shape index (κ2) is 9.13. The van der Waals surface area contributed by atoms with Crippen LogP contribution in [0.2, 0.25) is 0 Å². The molecule has 0 aromatic heterocycles. The van der Waals surface area contributed by atoms with E-state index in [0.29, 0.717) is 32.8 Å². The molecule has 3 N–H and O–H groups in total. The number of carbonyl (C=O) groups excluding carboxylic acids is 2. The van der Waals surface area contributed by atoms with Gasteiger partial charge in [0.15, 0.2) is 0 Å². The lowest BCUT2D eigenvalue weighted by Gasteiger charge is -2.38. The summed E-state index contributed by atoms with van der Waals surface area (Å²) < 4.78 is 5.29. The van der Waals surface area contributed by atoms with Crippen LogP contribution in [0, 0.1) is 5.92 Å². The fourth-order valence-corrected chi connectivity index (χ4v) is 4.31. The fourth-order valence-electron chi connectivity index (χ4n) is 4.31. The van der Waals surface area contributed by atoms with E-state index in [4.69, 9.17) is 10.5 Å². The number of anilines is 1. The number of ether oxygens (including phenoxy) is 1. The highest BCUT2D eigenvalue weighted by atomic mass is 16.5. The van der Waals surface area contributed by atoms with Crippen LogP contribution in [0.5, 0.6) is 0 Å². The lowest BCUT2D eigenvalue weighted by Crippen LogP contribution is -2.52. The van der Waals surface area contributed by atoms with E-state index in [9.17, 15) is 9.59 Å². The number of hydrogen-bond acceptors (Lipinski definition) is 4. The third-order valence-electron chi connectivity index (χ3n) is 6.25. The summed E-state index contributed by atoms with van der Waals surface area (Å²) in [6.45, 7) is 2.99. The van der Waals surface area contributed by atoms with Crippen molar-refractivity contribution in [2.45, 2.75) is 57.2 Å². The van der Waals surface area contributed by atoms with Gasteiger partial charge in [0.2, 0.25) is 5.91 Å². The number of amides is 3. The number of morpholine rings is 1. The van der Waals surface area contributed by atoms with Crippen LogP contribution in [0.25, 0.3) is 0 Å². The first-order valence-corrected chi connectivity index (χ1v) is 10.9. The number of rotatable bonds is 5. The maximum atomic E-state index is 12.9. The molecule has 7 nitrogen and oxygen atoms in total. The quantitative estimate of drug-likeness (QED) is 0.795. The smallest absolute Gasteiger partial charge is 0.321 e. The van der Waals surface area contributed by atoms with Crippen molar-refractivity contribution in [3.63, 3.8) is 0 Å². The Morgan fingerprint density at radius 3 is 2.41 bits per heavy atom. The SMILES string of the molecule is NC1CCCCC1N(Cc1ccc(NC(=O)N2CCOCC2)cc1)C(=O)C1CC1. The van der Waals surface area contributed by atoms with Crippen LogP contribution in [0.1, 0.15) is 44.1 Å². The minimum absolute atomic E-state index is 0.0681. The molecule has 1 aromatic carbocycles. The van der Waals surface area contributed by atoms with Crippen molar-refractivity contribution in [2.75, 3.05) is 31.6 Å². The van der Waals surface area contributed by atoms with Gasteiger partial charge in [-0.15, -0.1) is 0 Å². The van der Waals surface area contributed by atoms with Gasteiger partial charge < -0.3 is 25.6 Å². The maximum Gasteiger partial charge on any atom is 0.321 e. The lowest BCUT2D eigenvalue weighted by molar-refractivity contribution is -0.136. The second-order valence-corrected chi connectivity index (χ2v) is 8.48. The van der Waals surface area contributed by atoms with E-state index in [1.807, 2.05) is 29.2 Å². The molecule has 7 heteroatoms. The summed E-state index contributed by atoms with van der Waals surface area (Å²) in [7, 11) is 0. The number of urea groups is 1. The minimum atomic E-state index is -0.0974. The van der Waals surface area contributed by atoms with Gasteiger partial charge >= 0.3 is 6.03 Å². The van der Waals surface area contributed by atoms with Crippen molar-refractivity contribution in [2.24, 2.45) is 11.7 Å². The summed E-state index contributed by atoms with van der Waals surface area (Å²) in [5.41, 5.74) is 8.22. The van der Waals surface area contributed by atoms with Gasteiger partial charge in [0.05, 0.1) is 13.2 Å². The molecule has 2 atom stereocenters. The highest BCUT2D eigenvalue weighted by molar-refractivity contribution is 5.89. The summed E-state index contributed by atoms with van der Waals surface area (Å²) in [5.74, 6) is 0.452. The average molecular weight is 401 g/mol. The van der Waals surface area contributed by atoms with E-state index < -0.39 is 0 Å². The topological polar surface area (TPSA) is 87.9 Å². The standard InChI is InChI=1S/C22H32N4O3/c23-19-3-1-2-4-20(19)26(21(27)17-7-8-17)15-16-5-9-18(10-6-16)24-22(28)25-11-13-29-14-12-25/h5-6,9-10,17,19-20H,1-4,7-8,11-15,23H2,(H,24,28). The fraction of sp³-hybridized carbons (Fsp3) is 0.636. The van der Waals surface area contributed by atoms with E-state index in [1.54, 1.807) is 4.90 Å². The Bertz CT molecular complexity index is 713. The number of carbonyl (C=O) groups is 2. The van der Waals surface area contributed by atoms with Gasteiger partial charge in [0, 0.05) is 43.3 Å². The predicted octanol–water partition coefficient (Wildman–Crippen LogP) is 2.56. The molecule has 2 unspecified atom stereocenters. The molecular formula is C22H32N4O3. The van der Waals surface area contributed by atoms with Crippen LogP contribution < -0.4 is 11.1 Å². The third-order valence-corrected chi connectivity index (χ3v) is 6.25. The molecule has 3 aliphatic rings. The Morgan fingerprint density at radius 2 is 1.76 bits per heavy atom. The average Bonchev–Trinajstić information content (AvgIpc) is 3.59. The summed E-state index contributed by atoms with van der Waals surface area (Å²) in [6, 6.07) is 7.92. The van der Waals surface area contributed by atoms with Gasteiger partial charge in [-0.25, -0.2) is 4.79 Å². The summed E-state index contributed by atoms with van der Waals surface area (Å²) in [5, 5.41) is 2.94. The molecule has 0 spiro atoms. The van der Waals surface area contributed by atoms with Crippen molar-refractivity contribution in [3.8, 4) is 0 Å². The van der Waals surface area contributed by atoms with Gasteiger partial charge in [-0.1, -0.05) is 25.0 Å². The zero-order chi connectivity index (χ0) is 20.2. The Balaban J connectivity index is 1.40. The molecule has 0 radical (unpaired) electrons. The molecule has 3 fully saturated rings. The van der Waals surface area contributed by atoms with Gasteiger partial charge in [0.25, 0.3) is 0 Å². The van der Waals surface area contributed by atoms with Crippen LogP contribution >= 0.6 is 0 Å². The first kappa shape index (κ1) is 20.2. The van der Waals surface area contributed by atoms with Gasteiger partial charge in [-0.05, 0) is 43.4 Å². The lowest BCUT2D eigenvalue weighted by atomic mass is 9.89. The van der Waals surface area contributed by atoms with E-state index >= 15 is 0 Å². The number of nitrogens with zero attached hydrogens (tertiary/aromatic N) is 2. The van der Waals surface area contributed by atoms with E-state index in [0.717, 1.165) is 49.8 Å². The Kier molecular flexibility index (Phi) is 6.35. The summed E-state index contributed by atoms with van der Waals surface area (Å²) >= 11 is 0. The van der Waals surface area contributed by atoms with Crippen LogP contribution in [0.3, 0.4) is 0 Å². The van der Waals surface area contributed by atoms with Crippen molar-refractivity contribution in [1.29, 1.82) is 0 Å². The zero-order valence-electron chi connectivity index (χ0n) is 17.0. The maximum absolute atomic E-state index is 12.9. The molecule has 3 amide bonds. The number of nitrogens with one attached hydrogen (secondary N) is 1. The summed E-state index contributed by atoms with van der Waals surface area (Å²) in [4.78, 5) is 29.1. The molecule has 2 saturated carbocycles. The van der Waals surface area contributed by atoms with Crippen LogP contribution in [0.15, 0.2) is 24.3 Å². The molecule has 29 heavy (non-hydrogen) atoms. The molecule has 0 bridgehead atoms. The Labute approximate surface area is 172 Å². The molecule has 4 rings (SSSR count). The van der Waals surface area contributed by atoms with Gasteiger partial charge in [-0.2, -0.15) is 0 Å². The van der Waals surface area contributed by atoms with Crippen LogP contribution in [-0.2, 0) is 16.1 Å². The van der Waals surface area contributed by atoms with Crippen molar-refractivity contribution < 1.29 is 14.3 Å². The molecule has 1 heterocycles. The minimum Gasteiger partial charge on any atom is -0.378 e. The number of nitrogens with two attached hydrogens (primary N) is 1. The zero-order valence-corrected chi connectivity index (χ0v) is 17.0. The predicted molar refractivity (Wildman–Crippen MR) is 111 cm³/mol. The molecular weight excluding hydrogens is 368 g/mol. The highest BCUT2D eigenvalue weighted by Crippen LogP contribution is 2.34. The normalized spacial score (nSPS) is 24.8. The largest absolute Gasteiger partial charge is 0.378 e. The van der Waals surface area contributed by atoms with E-state index in [1.165, 1.54) is 0 Å². The van der Waals surface area contributed by atoms with Crippen molar-refractivity contribution in [1.82, 2.24) is 9.80 Å². The second-order valence-electron chi connectivity index (χ2n) is 8.48. The number of hydrogen-bond donors (Lipinski definition) is 2. The molecule has 158 valence electrons. The van der Waals surface area contributed by atoms with Crippen LogP contribution in [-0.4, -0.2) is 60.1 Å². The molecule has 1 saturated heterocycles. The first-order valence-electron chi connectivity index (χ1n) is 10.9. The number of benzene rings is 1. The van der Waals surface area contributed by atoms with Crippen LogP contribution in [0.4, 0.5) is 10.5 Å². The highest BCUT2D eigenvalue weighted by Gasteiger charge is 2.38. The molecule has 1 aromatic rings. The Hall–Kier alpha value is -2.12. The molecule has 2 aliphatic carbocycles. The first-order chi connectivity index (χ1) is 14.1. The van der Waals surface area contributed by atoms with Gasteiger partial charge in [0.1, 0.15) is 0 Å².